The summed E-state index contributed by atoms with van der Waals surface area (Å²) in [6, 6.07) is 0. The molecule has 0 aromatic heterocycles. The molecule has 0 spiro atoms. The molecule has 0 saturated carbocycles. The Balaban J connectivity index is 3.50. The largest absolute Gasteiger partial charge is 0.481 e. The van der Waals surface area contributed by atoms with Crippen molar-refractivity contribution in [3.63, 3.8) is 0 Å². The highest BCUT2D eigenvalue weighted by atomic mass is 16.4. The molecule has 4 nitrogen and oxygen atoms in total. The molecule has 1 atom stereocenters. The van der Waals surface area contributed by atoms with Crippen molar-refractivity contribution in [3.8, 4) is 12.3 Å². The second kappa shape index (κ2) is 6.96. The molecule has 0 bridgehead atoms. The predicted molar refractivity (Wildman–Crippen MR) is 52.5 cm³/mol. The quantitative estimate of drug-likeness (QED) is 0.614. The third-order valence-corrected chi connectivity index (χ3v) is 1.82. The summed E-state index contributed by atoms with van der Waals surface area (Å²) in [6.07, 6.45) is 6.15. The van der Waals surface area contributed by atoms with Crippen molar-refractivity contribution < 1.29 is 14.7 Å². The van der Waals surface area contributed by atoms with E-state index in [9.17, 15) is 9.59 Å². The molecule has 0 aromatic carbocycles. The van der Waals surface area contributed by atoms with Crippen LogP contribution in [-0.2, 0) is 9.59 Å². The van der Waals surface area contributed by atoms with Gasteiger partial charge in [-0.05, 0) is 6.42 Å². The highest BCUT2D eigenvalue weighted by molar-refractivity contribution is 5.76. The van der Waals surface area contributed by atoms with Crippen molar-refractivity contribution in [2.75, 3.05) is 6.54 Å². The van der Waals surface area contributed by atoms with E-state index in [4.69, 9.17) is 11.5 Å². The van der Waals surface area contributed by atoms with Crippen LogP contribution in [0.3, 0.4) is 0 Å². The smallest absolute Gasteiger partial charge is 0.306 e. The number of carbonyl (C=O) groups is 2. The monoisotopic (exact) mass is 197 g/mol. The van der Waals surface area contributed by atoms with Gasteiger partial charge in [-0.25, -0.2) is 0 Å². The Morgan fingerprint density at radius 3 is 2.71 bits per heavy atom. The average molecular weight is 197 g/mol. The fraction of sp³-hybridized carbons (Fsp3) is 0.600. The van der Waals surface area contributed by atoms with Gasteiger partial charge in [-0.15, -0.1) is 12.3 Å². The van der Waals surface area contributed by atoms with E-state index in [2.05, 4.69) is 11.2 Å². The molecule has 0 aliphatic heterocycles. The highest BCUT2D eigenvalue weighted by Crippen LogP contribution is 1.99. The van der Waals surface area contributed by atoms with Gasteiger partial charge in [0.25, 0.3) is 0 Å². The van der Waals surface area contributed by atoms with Gasteiger partial charge in [0.2, 0.25) is 5.91 Å². The summed E-state index contributed by atoms with van der Waals surface area (Å²) in [5, 5.41) is 11.2. The van der Waals surface area contributed by atoms with E-state index >= 15 is 0 Å². The Labute approximate surface area is 83.7 Å². The lowest BCUT2D eigenvalue weighted by Gasteiger charge is -2.06. The third-order valence-electron chi connectivity index (χ3n) is 1.82. The van der Waals surface area contributed by atoms with Crippen LogP contribution in [0.5, 0.6) is 0 Å². The van der Waals surface area contributed by atoms with E-state index in [0.29, 0.717) is 25.8 Å². The molecule has 0 heterocycles. The van der Waals surface area contributed by atoms with Crippen LogP contribution in [0.1, 0.15) is 26.2 Å². The standard InChI is InChI=1S/C10H15NO3/c1-3-4-5-9(12)11-7-6-8(2)10(13)14/h1,8H,4-7H2,2H3,(H,11,12)(H,13,14). The van der Waals surface area contributed by atoms with Gasteiger partial charge < -0.3 is 10.4 Å². The molecule has 4 heteroatoms. The van der Waals surface area contributed by atoms with Gasteiger partial charge >= 0.3 is 5.97 Å². The van der Waals surface area contributed by atoms with Crippen LogP contribution in [0, 0.1) is 18.3 Å². The Bertz CT molecular complexity index is 242. The molecular formula is C10H15NO3. The second-order valence-corrected chi connectivity index (χ2v) is 3.08. The van der Waals surface area contributed by atoms with Crippen LogP contribution >= 0.6 is 0 Å². The number of hydrogen-bond acceptors (Lipinski definition) is 2. The van der Waals surface area contributed by atoms with Gasteiger partial charge in [0, 0.05) is 19.4 Å². The number of amides is 1. The van der Waals surface area contributed by atoms with Gasteiger partial charge in [0.05, 0.1) is 5.92 Å². The normalized spacial score (nSPS) is 11.4. The predicted octanol–water partition coefficient (Wildman–Crippen LogP) is 0.627. The van der Waals surface area contributed by atoms with E-state index in [1.54, 1.807) is 6.92 Å². The molecule has 1 amide bonds. The van der Waals surface area contributed by atoms with Gasteiger partial charge in [-0.3, -0.25) is 9.59 Å². The number of aliphatic carboxylic acids is 1. The molecular weight excluding hydrogens is 182 g/mol. The first-order chi connectivity index (χ1) is 6.57. The summed E-state index contributed by atoms with van der Waals surface area (Å²) in [4.78, 5) is 21.4. The number of nitrogens with one attached hydrogen (secondary N) is 1. The summed E-state index contributed by atoms with van der Waals surface area (Å²) in [5.74, 6) is 0.964. The van der Waals surface area contributed by atoms with Crippen molar-refractivity contribution in [2.24, 2.45) is 5.92 Å². The average Bonchev–Trinajstić information content (AvgIpc) is 2.14. The van der Waals surface area contributed by atoms with E-state index in [-0.39, 0.29) is 5.91 Å². The first-order valence-electron chi connectivity index (χ1n) is 4.51. The maximum atomic E-state index is 11.0. The minimum Gasteiger partial charge on any atom is -0.481 e. The lowest BCUT2D eigenvalue weighted by molar-refractivity contribution is -0.141. The van der Waals surface area contributed by atoms with E-state index < -0.39 is 11.9 Å². The lowest BCUT2D eigenvalue weighted by atomic mass is 10.1. The Morgan fingerprint density at radius 1 is 1.57 bits per heavy atom. The molecule has 14 heavy (non-hydrogen) atoms. The summed E-state index contributed by atoms with van der Waals surface area (Å²) in [5.41, 5.74) is 0. The Hall–Kier alpha value is -1.50. The van der Waals surface area contributed by atoms with Crippen LogP contribution in [0.4, 0.5) is 0 Å². The second-order valence-electron chi connectivity index (χ2n) is 3.08. The molecule has 0 radical (unpaired) electrons. The highest BCUT2D eigenvalue weighted by Gasteiger charge is 2.10. The molecule has 0 fully saturated rings. The van der Waals surface area contributed by atoms with Crippen molar-refractivity contribution in [3.05, 3.63) is 0 Å². The summed E-state index contributed by atoms with van der Waals surface area (Å²) < 4.78 is 0. The Morgan fingerprint density at radius 2 is 2.21 bits per heavy atom. The van der Waals surface area contributed by atoms with E-state index in [1.807, 2.05) is 0 Å². The van der Waals surface area contributed by atoms with Crippen molar-refractivity contribution in [2.45, 2.75) is 26.2 Å². The minimum absolute atomic E-state index is 0.125. The molecule has 1 unspecified atom stereocenters. The number of carbonyl (C=O) groups excluding carboxylic acids is 1. The van der Waals surface area contributed by atoms with Gasteiger partial charge in [-0.2, -0.15) is 0 Å². The van der Waals surface area contributed by atoms with Crippen LogP contribution in [-0.4, -0.2) is 23.5 Å². The summed E-state index contributed by atoms with van der Waals surface area (Å²) in [6.45, 7) is 1.99. The van der Waals surface area contributed by atoms with Gasteiger partial charge in [0.15, 0.2) is 0 Å². The van der Waals surface area contributed by atoms with Gasteiger partial charge in [0.1, 0.15) is 0 Å². The maximum absolute atomic E-state index is 11.0. The zero-order valence-corrected chi connectivity index (χ0v) is 8.25. The third kappa shape index (κ3) is 6.06. The molecule has 0 aliphatic carbocycles. The molecule has 78 valence electrons. The molecule has 0 saturated heterocycles. The van der Waals surface area contributed by atoms with Crippen LogP contribution in [0.15, 0.2) is 0 Å². The first-order valence-corrected chi connectivity index (χ1v) is 4.51. The maximum Gasteiger partial charge on any atom is 0.306 e. The summed E-state index contributed by atoms with van der Waals surface area (Å²) in [7, 11) is 0. The van der Waals surface area contributed by atoms with E-state index in [1.165, 1.54) is 0 Å². The van der Waals surface area contributed by atoms with Crippen molar-refractivity contribution in [1.29, 1.82) is 0 Å². The Kier molecular flexibility index (Phi) is 6.21. The first kappa shape index (κ1) is 12.5. The van der Waals surface area contributed by atoms with Gasteiger partial charge in [-0.1, -0.05) is 6.92 Å². The molecule has 0 rings (SSSR count). The zero-order valence-electron chi connectivity index (χ0n) is 8.25. The van der Waals surface area contributed by atoms with Crippen LogP contribution in [0.2, 0.25) is 0 Å². The van der Waals surface area contributed by atoms with E-state index in [0.717, 1.165) is 0 Å². The SMILES string of the molecule is C#CCCC(=O)NCCC(C)C(=O)O. The van der Waals surface area contributed by atoms with Crippen molar-refractivity contribution in [1.82, 2.24) is 5.32 Å². The number of rotatable bonds is 6. The minimum atomic E-state index is -0.845. The number of carboxylic acid groups (broad SMARTS) is 1. The number of terminal acetylenes is 1. The van der Waals surface area contributed by atoms with Crippen molar-refractivity contribution >= 4 is 11.9 Å². The molecule has 2 N–H and O–H groups in total. The molecule has 0 aliphatic rings. The molecule has 0 aromatic rings. The van der Waals surface area contributed by atoms with Crippen LogP contribution in [0.25, 0.3) is 0 Å². The van der Waals surface area contributed by atoms with Crippen LogP contribution < -0.4 is 5.32 Å². The number of carboxylic acids is 1. The topological polar surface area (TPSA) is 66.4 Å². The summed E-state index contributed by atoms with van der Waals surface area (Å²) >= 11 is 0. The fourth-order valence-corrected chi connectivity index (χ4v) is 0.826. The number of hydrogen-bond donors (Lipinski definition) is 2. The lowest BCUT2D eigenvalue weighted by Crippen LogP contribution is -2.26. The fourth-order valence-electron chi connectivity index (χ4n) is 0.826. The zero-order chi connectivity index (χ0) is 11.0.